The molecule has 1 aliphatic rings. The van der Waals surface area contributed by atoms with Crippen molar-refractivity contribution in [2.24, 2.45) is 17.1 Å². The molecule has 0 spiro atoms. The molecule has 1 aliphatic carbocycles. The second-order valence-corrected chi connectivity index (χ2v) is 7.27. The second kappa shape index (κ2) is 6.95. The van der Waals surface area contributed by atoms with Gasteiger partial charge in [-0.25, -0.2) is 0 Å². The van der Waals surface area contributed by atoms with Gasteiger partial charge in [0.1, 0.15) is 0 Å². The molecule has 0 bridgehead atoms. The van der Waals surface area contributed by atoms with Crippen LogP contribution in [0.5, 0.6) is 0 Å². The van der Waals surface area contributed by atoms with Crippen molar-refractivity contribution in [1.82, 2.24) is 9.78 Å². The zero-order chi connectivity index (χ0) is 15.5. The molecule has 1 aromatic rings. The van der Waals surface area contributed by atoms with E-state index in [-0.39, 0.29) is 6.04 Å². The Balaban J connectivity index is 2.15. The lowest BCUT2D eigenvalue weighted by atomic mass is 9.71. The van der Waals surface area contributed by atoms with Crippen LogP contribution in [-0.4, -0.2) is 15.8 Å². The van der Waals surface area contributed by atoms with Gasteiger partial charge in [0, 0.05) is 24.7 Å². The van der Waals surface area contributed by atoms with Crippen LogP contribution in [0, 0.1) is 11.3 Å². The molecule has 120 valence electrons. The molecule has 0 aliphatic heterocycles. The van der Waals surface area contributed by atoms with E-state index in [9.17, 15) is 0 Å². The minimum absolute atomic E-state index is 0.272. The SMILES string of the molecule is CCc1cc(CC(N)C2(CC(C)C)CCCC2)n(CC)n1. The summed E-state index contributed by atoms with van der Waals surface area (Å²) in [7, 11) is 0. The third-order valence-electron chi connectivity index (χ3n) is 5.21. The Bertz CT molecular complexity index is 441. The lowest BCUT2D eigenvalue weighted by Crippen LogP contribution is -2.42. The average Bonchev–Trinajstić information content (AvgIpc) is 3.05. The molecule has 0 radical (unpaired) electrons. The monoisotopic (exact) mass is 291 g/mol. The van der Waals surface area contributed by atoms with Gasteiger partial charge >= 0.3 is 0 Å². The van der Waals surface area contributed by atoms with Crippen molar-refractivity contribution in [3.8, 4) is 0 Å². The molecule has 1 heterocycles. The molecule has 1 unspecified atom stereocenters. The molecular formula is C18H33N3. The Morgan fingerprint density at radius 2 is 1.95 bits per heavy atom. The van der Waals surface area contributed by atoms with Gasteiger partial charge in [-0.1, -0.05) is 33.6 Å². The quantitative estimate of drug-likeness (QED) is 0.827. The predicted molar refractivity (Wildman–Crippen MR) is 89.3 cm³/mol. The van der Waals surface area contributed by atoms with Gasteiger partial charge in [-0.05, 0) is 50.0 Å². The summed E-state index contributed by atoms with van der Waals surface area (Å²) < 4.78 is 2.15. The summed E-state index contributed by atoms with van der Waals surface area (Å²) in [4.78, 5) is 0. The summed E-state index contributed by atoms with van der Waals surface area (Å²) in [5.74, 6) is 0.733. The maximum atomic E-state index is 6.73. The minimum atomic E-state index is 0.272. The number of hydrogen-bond acceptors (Lipinski definition) is 2. The summed E-state index contributed by atoms with van der Waals surface area (Å²) in [5.41, 5.74) is 9.62. The number of hydrogen-bond donors (Lipinski definition) is 1. The van der Waals surface area contributed by atoms with Gasteiger partial charge in [-0.3, -0.25) is 4.68 Å². The molecule has 0 amide bonds. The van der Waals surface area contributed by atoms with E-state index in [2.05, 4.69) is 43.5 Å². The third-order valence-corrected chi connectivity index (χ3v) is 5.21. The van der Waals surface area contributed by atoms with Crippen LogP contribution in [0.15, 0.2) is 6.07 Å². The molecule has 2 N–H and O–H groups in total. The number of aryl methyl sites for hydroxylation is 2. The zero-order valence-electron chi connectivity index (χ0n) is 14.4. The van der Waals surface area contributed by atoms with Crippen molar-refractivity contribution >= 4 is 0 Å². The molecule has 3 nitrogen and oxygen atoms in total. The molecule has 0 saturated heterocycles. The van der Waals surface area contributed by atoms with E-state index in [0.29, 0.717) is 5.41 Å². The molecule has 1 saturated carbocycles. The van der Waals surface area contributed by atoms with Crippen LogP contribution >= 0.6 is 0 Å². The first kappa shape index (κ1) is 16.5. The standard InChI is InChI=1S/C18H33N3/c1-5-15-11-16(21(6-2)20-15)12-17(19)18(13-14(3)4)9-7-8-10-18/h11,14,17H,5-10,12-13,19H2,1-4H3. The molecule has 3 heteroatoms. The first-order chi connectivity index (χ1) is 10.0. The zero-order valence-corrected chi connectivity index (χ0v) is 14.4. The van der Waals surface area contributed by atoms with Crippen molar-refractivity contribution in [2.75, 3.05) is 0 Å². The highest BCUT2D eigenvalue weighted by atomic mass is 15.3. The fraction of sp³-hybridized carbons (Fsp3) is 0.833. The van der Waals surface area contributed by atoms with Gasteiger partial charge in [0.2, 0.25) is 0 Å². The predicted octanol–water partition coefficient (Wildman–Crippen LogP) is 3.94. The number of aromatic nitrogens is 2. The Morgan fingerprint density at radius 1 is 1.29 bits per heavy atom. The van der Waals surface area contributed by atoms with Crippen molar-refractivity contribution < 1.29 is 0 Å². The van der Waals surface area contributed by atoms with E-state index in [1.165, 1.54) is 43.5 Å². The van der Waals surface area contributed by atoms with Crippen LogP contribution in [0.4, 0.5) is 0 Å². The van der Waals surface area contributed by atoms with Crippen molar-refractivity contribution in [3.63, 3.8) is 0 Å². The molecule has 1 fully saturated rings. The fourth-order valence-electron chi connectivity index (χ4n) is 4.19. The highest BCUT2D eigenvalue weighted by Crippen LogP contribution is 2.46. The third kappa shape index (κ3) is 3.68. The van der Waals surface area contributed by atoms with Crippen molar-refractivity contribution in [1.29, 1.82) is 0 Å². The van der Waals surface area contributed by atoms with Gasteiger partial charge < -0.3 is 5.73 Å². The summed E-state index contributed by atoms with van der Waals surface area (Å²) in [6.45, 7) is 9.94. The number of nitrogens with two attached hydrogens (primary N) is 1. The van der Waals surface area contributed by atoms with Gasteiger partial charge in [0.05, 0.1) is 5.69 Å². The van der Waals surface area contributed by atoms with Crippen LogP contribution in [0.25, 0.3) is 0 Å². The second-order valence-electron chi connectivity index (χ2n) is 7.27. The highest BCUT2D eigenvalue weighted by molar-refractivity contribution is 5.13. The minimum Gasteiger partial charge on any atom is -0.327 e. The van der Waals surface area contributed by atoms with Gasteiger partial charge in [-0.15, -0.1) is 0 Å². The largest absolute Gasteiger partial charge is 0.327 e. The van der Waals surface area contributed by atoms with E-state index >= 15 is 0 Å². The lowest BCUT2D eigenvalue weighted by Gasteiger charge is -2.37. The molecule has 2 rings (SSSR count). The van der Waals surface area contributed by atoms with E-state index in [4.69, 9.17) is 5.73 Å². The van der Waals surface area contributed by atoms with E-state index in [1.54, 1.807) is 0 Å². The molecule has 21 heavy (non-hydrogen) atoms. The average molecular weight is 291 g/mol. The summed E-state index contributed by atoms with van der Waals surface area (Å²) in [6, 6.07) is 2.54. The Kier molecular flexibility index (Phi) is 5.48. The van der Waals surface area contributed by atoms with Crippen molar-refractivity contribution in [2.45, 2.75) is 85.2 Å². The summed E-state index contributed by atoms with van der Waals surface area (Å²) in [5, 5.41) is 4.67. The normalized spacial score (nSPS) is 19.3. The first-order valence-corrected chi connectivity index (χ1v) is 8.82. The van der Waals surface area contributed by atoms with Crippen LogP contribution < -0.4 is 5.73 Å². The molecule has 1 aromatic heterocycles. The van der Waals surface area contributed by atoms with Crippen LogP contribution in [0.2, 0.25) is 0 Å². The van der Waals surface area contributed by atoms with Gasteiger partial charge in [0.15, 0.2) is 0 Å². The molecule has 1 atom stereocenters. The van der Waals surface area contributed by atoms with E-state index in [1.807, 2.05) is 0 Å². The topological polar surface area (TPSA) is 43.8 Å². The Morgan fingerprint density at radius 3 is 2.48 bits per heavy atom. The Labute approximate surface area is 130 Å². The van der Waals surface area contributed by atoms with Crippen molar-refractivity contribution in [3.05, 3.63) is 17.5 Å². The van der Waals surface area contributed by atoms with Gasteiger partial charge in [0.25, 0.3) is 0 Å². The summed E-state index contributed by atoms with van der Waals surface area (Å²) in [6.07, 6.45) is 8.59. The maximum Gasteiger partial charge on any atom is 0.0624 e. The Hall–Kier alpha value is -0.830. The fourth-order valence-corrected chi connectivity index (χ4v) is 4.19. The maximum absolute atomic E-state index is 6.73. The number of nitrogens with zero attached hydrogens (tertiary/aromatic N) is 2. The van der Waals surface area contributed by atoms with E-state index < -0.39 is 0 Å². The van der Waals surface area contributed by atoms with Crippen LogP contribution in [-0.2, 0) is 19.4 Å². The smallest absolute Gasteiger partial charge is 0.0624 e. The van der Waals surface area contributed by atoms with Crippen LogP contribution in [0.3, 0.4) is 0 Å². The number of rotatable bonds is 7. The lowest BCUT2D eigenvalue weighted by molar-refractivity contribution is 0.180. The van der Waals surface area contributed by atoms with E-state index in [0.717, 1.165) is 25.3 Å². The first-order valence-electron chi connectivity index (χ1n) is 8.82. The van der Waals surface area contributed by atoms with Gasteiger partial charge in [-0.2, -0.15) is 5.10 Å². The molecule has 0 aromatic carbocycles. The summed E-state index contributed by atoms with van der Waals surface area (Å²) >= 11 is 0. The highest BCUT2D eigenvalue weighted by Gasteiger charge is 2.40. The van der Waals surface area contributed by atoms with Crippen LogP contribution in [0.1, 0.15) is 71.2 Å². The molecular weight excluding hydrogens is 258 g/mol.